The summed E-state index contributed by atoms with van der Waals surface area (Å²) < 4.78 is 16.6. The van der Waals surface area contributed by atoms with Gasteiger partial charge in [0.15, 0.2) is 17.3 Å². The minimum absolute atomic E-state index is 0.0309. The summed E-state index contributed by atoms with van der Waals surface area (Å²) in [5.74, 6) is 0.00564. The van der Waals surface area contributed by atoms with E-state index in [-0.39, 0.29) is 18.7 Å². The number of aliphatic hydroxyl groups excluding tert-OH is 1. The molecule has 1 unspecified atom stereocenters. The molecule has 9 heteroatoms. The molecule has 1 N–H and O–H groups in total. The molecule has 0 saturated heterocycles. The molecule has 0 bridgehead atoms. The Labute approximate surface area is 204 Å². The van der Waals surface area contributed by atoms with E-state index < -0.39 is 23.5 Å². The van der Waals surface area contributed by atoms with Crippen LogP contribution in [0, 0.1) is 19.8 Å². The monoisotopic (exact) mass is 488 g/mol. The SMILES string of the molecule is COCCN1C(=O)C(O)=C(C(=O)c2sc(C)nc2C)C1c1ccc(OCCC(C)C)c(OC)c1. The molecule has 0 fully saturated rings. The van der Waals surface area contributed by atoms with E-state index in [0.29, 0.717) is 40.2 Å². The van der Waals surface area contributed by atoms with Gasteiger partial charge in [-0.3, -0.25) is 9.59 Å². The highest BCUT2D eigenvalue weighted by molar-refractivity contribution is 7.14. The average molecular weight is 489 g/mol. The fraction of sp³-hybridized carbons (Fsp3) is 0.480. The molecule has 2 heterocycles. The molecule has 0 spiro atoms. The second kappa shape index (κ2) is 11.0. The highest BCUT2D eigenvalue weighted by Gasteiger charge is 2.44. The molecule has 34 heavy (non-hydrogen) atoms. The van der Waals surface area contributed by atoms with Crippen LogP contribution < -0.4 is 9.47 Å². The Bertz CT molecular complexity index is 1090. The first kappa shape index (κ1) is 25.7. The number of aryl methyl sites for hydroxylation is 2. The van der Waals surface area contributed by atoms with Crippen molar-refractivity contribution >= 4 is 23.0 Å². The van der Waals surface area contributed by atoms with E-state index in [9.17, 15) is 14.7 Å². The standard InChI is InChI=1S/C25H32N2O6S/c1-14(2)9-11-33-18-8-7-17(13-19(18)32-6)21-20(22(28)24-15(3)26-16(4)34-24)23(29)25(30)27(21)10-12-31-5/h7-8,13-14,21,29H,9-12H2,1-6H3. The van der Waals surface area contributed by atoms with Crippen LogP contribution in [0.15, 0.2) is 29.5 Å². The molecule has 8 nitrogen and oxygen atoms in total. The Kier molecular flexibility index (Phi) is 8.33. The maximum atomic E-state index is 13.6. The number of Topliss-reactive ketones (excluding diaryl/α,β-unsaturated/α-hetero) is 1. The van der Waals surface area contributed by atoms with Crippen molar-refractivity contribution in [3.63, 3.8) is 0 Å². The van der Waals surface area contributed by atoms with Gasteiger partial charge in [0.1, 0.15) is 0 Å². The number of carbonyl (C=O) groups is 2. The number of ketones is 1. The molecule has 184 valence electrons. The van der Waals surface area contributed by atoms with Gasteiger partial charge in [-0.2, -0.15) is 0 Å². The van der Waals surface area contributed by atoms with E-state index in [0.717, 1.165) is 11.4 Å². The van der Waals surface area contributed by atoms with Gasteiger partial charge in [0.2, 0.25) is 5.78 Å². The number of ether oxygens (including phenoxy) is 3. The highest BCUT2D eigenvalue weighted by Crippen LogP contribution is 2.42. The lowest BCUT2D eigenvalue weighted by Crippen LogP contribution is -2.34. The Morgan fingerprint density at radius 1 is 1.21 bits per heavy atom. The van der Waals surface area contributed by atoms with Crippen molar-refractivity contribution in [2.75, 3.05) is 34.0 Å². The molecular weight excluding hydrogens is 456 g/mol. The van der Waals surface area contributed by atoms with Crippen molar-refractivity contribution in [3.8, 4) is 11.5 Å². The average Bonchev–Trinajstić information content (AvgIpc) is 3.27. The fourth-order valence-electron chi connectivity index (χ4n) is 3.89. The summed E-state index contributed by atoms with van der Waals surface area (Å²) >= 11 is 1.25. The van der Waals surface area contributed by atoms with Crippen LogP contribution in [0.25, 0.3) is 0 Å². The molecule has 0 aliphatic carbocycles. The van der Waals surface area contributed by atoms with Crippen molar-refractivity contribution in [3.05, 3.63) is 50.7 Å². The molecule has 1 aromatic carbocycles. The van der Waals surface area contributed by atoms with Gasteiger partial charge in [0.25, 0.3) is 5.91 Å². The van der Waals surface area contributed by atoms with E-state index in [4.69, 9.17) is 14.2 Å². The number of hydrogen-bond acceptors (Lipinski definition) is 8. The number of aromatic nitrogens is 1. The number of rotatable bonds is 11. The quantitative estimate of drug-likeness (QED) is 0.468. The van der Waals surface area contributed by atoms with Crippen LogP contribution in [0.5, 0.6) is 11.5 Å². The third-order valence-corrected chi connectivity index (χ3v) is 6.72. The number of carbonyl (C=O) groups excluding carboxylic acids is 2. The fourth-order valence-corrected chi connectivity index (χ4v) is 4.77. The van der Waals surface area contributed by atoms with Crippen LogP contribution in [0.3, 0.4) is 0 Å². The number of methoxy groups -OCH3 is 2. The third kappa shape index (κ3) is 5.26. The third-order valence-electron chi connectivity index (χ3n) is 5.65. The largest absolute Gasteiger partial charge is 0.503 e. The normalized spacial score (nSPS) is 16.0. The van der Waals surface area contributed by atoms with Gasteiger partial charge in [-0.1, -0.05) is 19.9 Å². The van der Waals surface area contributed by atoms with Gasteiger partial charge < -0.3 is 24.2 Å². The number of thiazole rings is 1. The van der Waals surface area contributed by atoms with Crippen LogP contribution in [-0.2, 0) is 9.53 Å². The van der Waals surface area contributed by atoms with E-state index in [1.54, 1.807) is 32.2 Å². The van der Waals surface area contributed by atoms with Crippen LogP contribution >= 0.6 is 11.3 Å². The predicted molar refractivity (Wildman–Crippen MR) is 130 cm³/mol. The Hall–Kier alpha value is -2.91. The lowest BCUT2D eigenvalue weighted by molar-refractivity contribution is -0.130. The van der Waals surface area contributed by atoms with Crippen LogP contribution in [0.2, 0.25) is 0 Å². The summed E-state index contributed by atoms with van der Waals surface area (Å²) in [6.45, 7) is 8.81. The maximum absolute atomic E-state index is 13.6. The second-order valence-electron chi connectivity index (χ2n) is 8.57. The molecule has 0 radical (unpaired) electrons. The van der Waals surface area contributed by atoms with Gasteiger partial charge in [-0.15, -0.1) is 11.3 Å². The number of nitrogens with zero attached hydrogens (tertiary/aromatic N) is 2. The lowest BCUT2D eigenvalue weighted by atomic mass is 9.94. The van der Waals surface area contributed by atoms with Crippen molar-refractivity contribution in [1.29, 1.82) is 0 Å². The molecule has 1 aliphatic rings. The van der Waals surface area contributed by atoms with E-state index >= 15 is 0 Å². The van der Waals surface area contributed by atoms with Gasteiger partial charge >= 0.3 is 0 Å². The van der Waals surface area contributed by atoms with Crippen molar-refractivity contribution in [2.45, 2.75) is 40.2 Å². The first-order valence-corrected chi connectivity index (χ1v) is 12.0. The maximum Gasteiger partial charge on any atom is 0.290 e. The molecule has 0 saturated carbocycles. The number of hydrogen-bond donors (Lipinski definition) is 1. The number of benzene rings is 1. The van der Waals surface area contributed by atoms with Crippen molar-refractivity contribution in [2.24, 2.45) is 5.92 Å². The van der Waals surface area contributed by atoms with E-state index in [2.05, 4.69) is 18.8 Å². The summed E-state index contributed by atoms with van der Waals surface area (Å²) in [6, 6.07) is 4.52. The Morgan fingerprint density at radius 3 is 2.53 bits per heavy atom. The summed E-state index contributed by atoms with van der Waals surface area (Å²) in [6.07, 6.45) is 0.899. The second-order valence-corrected chi connectivity index (χ2v) is 9.78. The molecule has 1 aliphatic heterocycles. The Balaban J connectivity index is 2.04. The summed E-state index contributed by atoms with van der Waals surface area (Å²) in [5.41, 5.74) is 1.23. The zero-order valence-electron chi connectivity index (χ0n) is 20.5. The van der Waals surface area contributed by atoms with Crippen molar-refractivity contribution < 1.29 is 28.9 Å². The molecule has 1 atom stereocenters. The first-order chi connectivity index (χ1) is 16.2. The summed E-state index contributed by atoms with van der Waals surface area (Å²) in [5, 5.41) is 11.5. The smallest absolute Gasteiger partial charge is 0.290 e. The molecule has 1 amide bonds. The minimum Gasteiger partial charge on any atom is -0.503 e. The van der Waals surface area contributed by atoms with E-state index in [1.807, 2.05) is 6.92 Å². The van der Waals surface area contributed by atoms with Gasteiger partial charge in [-0.05, 0) is 43.9 Å². The topological polar surface area (TPSA) is 98.2 Å². The Morgan fingerprint density at radius 2 is 1.94 bits per heavy atom. The first-order valence-electron chi connectivity index (χ1n) is 11.2. The van der Waals surface area contributed by atoms with Crippen LogP contribution in [-0.4, -0.2) is 60.7 Å². The van der Waals surface area contributed by atoms with Gasteiger partial charge in [-0.25, -0.2) is 4.98 Å². The lowest BCUT2D eigenvalue weighted by Gasteiger charge is -2.27. The van der Waals surface area contributed by atoms with Crippen molar-refractivity contribution in [1.82, 2.24) is 9.88 Å². The highest BCUT2D eigenvalue weighted by atomic mass is 32.1. The number of amides is 1. The molecule has 2 aromatic rings. The van der Waals surface area contributed by atoms with Crippen LogP contribution in [0.1, 0.15) is 52.2 Å². The zero-order valence-corrected chi connectivity index (χ0v) is 21.3. The predicted octanol–water partition coefficient (Wildman–Crippen LogP) is 4.42. The van der Waals surface area contributed by atoms with Crippen LogP contribution in [0.4, 0.5) is 0 Å². The molecule has 1 aromatic heterocycles. The minimum atomic E-state index is -0.796. The summed E-state index contributed by atoms with van der Waals surface area (Å²) in [4.78, 5) is 32.7. The summed E-state index contributed by atoms with van der Waals surface area (Å²) in [7, 11) is 3.07. The zero-order chi connectivity index (χ0) is 25.0. The van der Waals surface area contributed by atoms with Gasteiger partial charge in [0.05, 0.1) is 47.5 Å². The van der Waals surface area contributed by atoms with E-state index in [1.165, 1.54) is 23.3 Å². The molecular formula is C25H32N2O6S. The number of aliphatic hydroxyl groups is 1. The molecule has 3 rings (SSSR count). The van der Waals surface area contributed by atoms with Gasteiger partial charge in [0, 0.05) is 13.7 Å².